The quantitative estimate of drug-likeness (QED) is 0.311. The Bertz CT molecular complexity index is 1180. The first kappa shape index (κ1) is 18.5. The molecule has 0 saturated heterocycles. The SMILES string of the molecule is COc1ccc(-n2nc(C(=O)NN)cc2-c2ccc3cc(OC)ccc3c2)cc1. The lowest BCUT2D eigenvalue weighted by molar-refractivity contribution is 0.0948. The highest BCUT2D eigenvalue weighted by molar-refractivity contribution is 5.94. The monoisotopic (exact) mass is 388 g/mol. The number of nitrogens with zero attached hydrogens (tertiary/aromatic N) is 2. The molecule has 0 unspecified atom stereocenters. The van der Waals surface area contributed by atoms with Crippen LogP contribution in [0, 0.1) is 0 Å². The topological polar surface area (TPSA) is 91.4 Å². The number of amides is 1. The number of carbonyl (C=O) groups excluding carboxylic acids is 1. The highest BCUT2D eigenvalue weighted by Gasteiger charge is 2.16. The van der Waals surface area contributed by atoms with Crippen molar-refractivity contribution in [3.63, 3.8) is 0 Å². The minimum Gasteiger partial charge on any atom is -0.497 e. The predicted molar refractivity (Wildman–Crippen MR) is 111 cm³/mol. The molecule has 3 aromatic carbocycles. The number of aromatic nitrogens is 2. The van der Waals surface area contributed by atoms with Crippen LogP contribution in [-0.4, -0.2) is 29.9 Å². The molecule has 29 heavy (non-hydrogen) atoms. The third-order valence-electron chi connectivity index (χ3n) is 4.73. The van der Waals surface area contributed by atoms with E-state index < -0.39 is 5.91 Å². The molecule has 0 bridgehead atoms. The first-order valence-corrected chi connectivity index (χ1v) is 8.96. The Labute approximate surface area is 167 Å². The number of hydrogen-bond donors (Lipinski definition) is 2. The van der Waals surface area contributed by atoms with Gasteiger partial charge in [0.1, 0.15) is 11.5 Å². The van der Waals surface area contributed by atoms with Crippen molar-refractivity contribution in [2.75, 3.05) is 14.2 Å². The Morgan fingerprint density at radius 2 is 1.55 bits per heavy atom. The van der Waals surface area contributed by atoms with Crippen LogP contribution in [0.1, 0.15) is 10.5 Å². The Morgan fingerprint density at radius 1 is 0.897 bits per heavy atom. The molecule has 0 aliphatic rings. The Morgan fingerprint density at radius 3 is 2.24 bits per heavy atom. The summed E-state index contributed by atoms with van der Waals surface area (Å²) in [6.45, 7) is 0. The molecule has 146 valence electrons. The molecular weight excluding hydrogens is 368 g/mol. The molecule has 1 aromatic heterocycles. The average Bonchev–Trinajstić information content (AvgIpc) is 3.23. The number of ether oxygens (including phenoxy) is 2. The van der Waals surface area contributed by atoms with E-state index in [2.05, 4.69) is 16.6 Å². The van der Waals surface area contributed by atoms with E-state index in [0.717, 1.165) is 39.2 Å². The number of hydrogen-bond acceptors (Lipinski definition) is 5. The van der Waals surface area contributed by atoms with Crippen molar-refractivity contribution in [1.29, 1.82) is 0 Å². The summed E-state index contributed by atoms with van der Waals surface area (Å²) in [5.74, 6) is 6.39. The molecule has 4 rings (SSSR count). The van der Waals surface area contributed by atoms with Gasteiger partial charge in [0.25, 0.3) is 5.91 Å². The van der Waals surface area contributed by atoms with Gasteiger partial charge in [-0.3, -0.25) is 10.2 Å². The fraction of sp³-hybridized carbons (Fsp3) is 0.0909. The van der Waals surface area contributed by atoms with E-state index >= 15 is 0 Å². The lowest BCUT2D eigenvalue weighted by Gasteiger charge is -2.10. The second-order valence-electron chi connectivity index (χ2n) is 6.43. The lowest BCUT2D eigenvalue weighted by atomic mass is 10.0. The van der Waals surface area contributed by atoms with Crippen LogP contribution in [0.4, 0.5) is 0 Å². The van der Waals surface area contributed by atoms with E-state index in [1.807, 2.05) is 54.6 Å². The van der Waals surface area contributed by atoms with Gasteiger partial charge in [-0.25, -0.2) is 10.5 Å². The minimum absolute atomic E-state index is 0.230. The second-order valence-corrected chi connectivity index (χ2v) is 6.43. The molecule has 0 fully saturated rings. The van der Waals surface area contributed by atoms with Crippen LogP contribution in [0.5, 0.6) is 11.5 Å². The zero-order valence-electron chi connectivity index (χ0n) is 16.0. The Balaban J connectivity index is 1.85. The van der Waals surface area contributed by atoms with Gasteiger partial charge in [0, 0.05) is 5.56 Å². The van der Waals surface area contributed by atoms with Gasteiger partial charge in [-0.05, 0) is 59.3 Å². The molecule has 1 amide bonds. The van der Waals surface area contributed by atoms with Crippen molar-refractivity contribution in [3.05, 3.63) is 72.4 Å². The van der Waals surface area contributed by atoms with Crippen molar-refractivity contribution in [2.45, 2.75) is 0 Å². The molecule has 1 heterocycles. The molecule has 0 atom stereocenters. The number of nitrogen functional groups attached to an aromatic ring is 1. The van der Waals surface area contributed by atoms with Crippen molar-refractivity contribution in [3.8, 4) is 28.4 Å². The smallest absolute Gasteiger partial charge is 0.285 e. The van der Waals surface area contributed by atoms with E-state index in [1.165, 1.54) is 0 Å². The number of rotatable bonds is 5. The number of hydrazine groups is 1. The maximum Gasteiger partial charge on any atom is 0.285 e. The second kappa shape index (κ2) is 7.65. The van der Waals surface area contributed by atoms with E-state index in [4.69, 9.17) is 15.3 Å². The van der Waals surface area contributed by atoms with Crippen LogP contribution in [0.2, 0.25) is 0 Å². The standard InChI is InChI=1S/C22H20N4O3/c1-28-18-9-6-17(7-10-18)26-21(13-20(25-26)22(27)24-23)16-4-3-15-12-19(29-2)8-5-14(15)11-16/h3-13H,23H2,1-2H3,(H,24,27). The van der Waals surface area contributed by atoms with Crippen molar-refractivity contribution in [1.82, 2.24) is 15.2 Å². The first-order valence-electron chi connectivity index (χ1n) is 8.96. The van der Waals surface area contributed by atoms with Gasteiger partial charge in [-0.15, -0.1) is 0 Å². The van der Waals surface area contributed by atoms with E-state index in [-0.39, 0.29) is 5.69 Å². The van der Waals surface area contributed by atoms with E-state index in [1.54, 1.807) is 25.0 Å². The third-order valence-corrected chi connectivity index (χ3v) is 4.73. The molecular formula is C22H20N4O3. The number of fused-ring (bicyclic) bond motifs is 1. The summed E-state index contributed by atoms with van der Waals surface area (Å²) >= 11 is 0. The maximum atomic E-state index is 12.1. The van der Waals surface area contributed by atoms with Crippen molar-refractivity contribution in [2.24, 2.45) is 5.84 Å². The fourth-order valence-electron chi connectivity index (χ4n) is 3.20. The Kier molecular flexibility index (Phi) is 4.88. The lowest BCUT2D eigenvalue weighted by Crippen LogP contribution is -2.30. The molecule has 7 heteroatoms. The Hall–Kier alpha value is -3.84. The van der Waals surface area contributed by atoms with Gasteiger partial charge in [0.15, 0.2) is 5.69 Å². The minimum atomic E-state index is -0.455. The summed E-state index contributed by atoms with van der Waals surface area (Å²) in [5, 5.41) is 6.56. The summed E-state index contributed by atoms with van der Waals surface area (Å²) in [7, 11) is 3.26. The molecule has 0 spiro atoms. The number of benzene rings is 3. The van der Waals surface area contributed by atoms with E-state index in [9.17, 15) is 4.79 Å². The predicted octanol–water partition coefficient (Wildman–Crippen LogP) is 3.31. The van der Waals surface area contributed by atoms with Crippen LogP contribution < -0.4 is 20.7 Å². The van der Waals surface area contributed by atoms with Crippen LogP contribution >= 0.6 is 0 Å². The number of nitrogens with two attached hydrogens (primary N) is 1. The number of carbonyl (C=O) groups is 1. The zero-order chi connectivity index (χ0) is 20.4. The molecule has 0 saturated carbocycles. The van der Waals surface area contributed by atoms with E-state index in [0.29, 0.717) is 0 Å². The average molecular weight is 388 g/mol. The fourth-order valence-corrected chi connectivity index (χ4v) is 3.20. The van der Waals surface area contributed by atoms with Crippen LogP contribution in [0.25, 0.3) is 27.7 Å². The zero-order valence-corrected chi connectivity index (χ0v) is 16.0. The normalized spacial score (nSPS) is 10.7. The summed E-state index contributed by atoms with van der Waals surface area (Å²) < 4.78 is 12.2. The van der Waals surface area contributed by atoms with Gasteiger partial charge in [-0.2, -0.15) is 5.10 Å². The molecule has 0 radical (unpaired) electrons. The van der Waals surface area contributed by atoms with Crippen LogP contribution in [-0.2, 0) is 0 Å². The van der Waals surface area contributed by atoms with Crippen LogP contribution in [0.3, 0.4) is 0 Å². The van der Waals surface area contributed by atoms with Crippen molar-refractivity contribution >= 4 is 16.7 Å². The van der Waals surface area contributed by atoms with Gasteiger partial charge in [0.05, 0.1) is 25.6 Å². The molecule has 0 aliphatic heterocycles. The first-order chi connectivity index (χ1) is 14.1. The van der Waals surface area contributed by atoms with Gasteiger partial charge in [-0.1, -0.05) is 18.2 Å². The number of nitrogens with one attached hydrogen (secondary N) is 1. The van der Waals surface area contributed by atoms with Crippen LogP contribution in [0.15, 0.2) is 66.7 Å². The highest BCUT2D eigenvalue weighted by Crippen LogP contribution is 2.29. The van der Waals surface area contributed by atoms with Gasteiger partial charge < -0.3 is 9.47 Å². The summed E-state index contributed by atoms with van der Waals surface area (Å²) in [4.78, 5) is 12.1. The molecule has 3 N–H and O–H groups in total. The summed E-state index contributed by atoms with van der Waals surface area (Å²) in [5.41, 5.74) is 4.85. The van der Waals surface area contributed by atoms with Crippen molar-refractivity contribution < 1.29 is 14.3 Å². The van der Waals surface area contributed by atoms with Gasteiger partial charge >= 0.3 is 0 Å². The van der Waals surface area contributed by atoms with Gasteiger partial charge in [0.2, 0.25) is 0 Å². The highest BCUT2D eigenvalue weighted by atomic mass is 16.5. The summed E-state index contributed by atoms with van der Waals surface area (Å²) in [6, 6.07) is 21.1. The largest absolute Gasteiger partial charge is 0.497 e. The third kappa shape index (κ3) is 3.51. The molecule has 0 aliphatic carbocycles. The number of methoxy groups -OCH3 is 2. The maximum absolute atomic E-state index is 12.1. The molecule has 7 nitrogen and oxygen atoms in total. The molecule has 4 aromatic rings. The summed E-state index contributed by atoms with van der Waals surface area (Å²) in [6.07, 6.45) is 0.